The molecule has 0 aliphatic heterocycles. The fourth-order valence-corrected chi connectivity index (χ4v) is 0.930. The van der Waals surface area contributed by atoms with E-state index in [9.17, 15) is 4.39 Å². The van der Waals surface area contributed by atoms with Gasteiger partial charge in [0.1, 0.15) is 6.17 Å². The first-order valence-corrected chi connectivity index (χ1v) is 4.95. The molecule has 0 fully saturated rings. The van der Waals surface area contributed by atoms with Crippen LogP contribution in [0.2, 0.25) is 0 Å². The summed E-state index contributed by atoms with van der Waals surface area (Å²) in [5.74, 6) is 0.479. The molecule has 12 heavy (non-hydrogen) atoms. The van der Waals surface area contributed by atoms with Crippen molar-refractivity contribution in [3.63, 3.8) is 0 Å². The summed E-state index contributed by atoms with van der Waals surface area (Å²) in [6, 6.07) is 0. The number of hydrogen-bond acceptors (Lipinski definition) is 1. The van der Waals surface area contributed by atoms with E-state index >= 15 is 0 Å². The van der Waals surface area contributed by atoms with Crippen molar-refractivity contribution in [2.45, 2.75) is 46.7 Å². The van der Waals surface area contributed by atoms with E-state index in [-0.39, 0.29) is 0 Å². The van der Waals surface area contributed by atoms with E-state index in [1.807, 2.05) is 34.7 Å². The Labute approximate surface area is 76.7 Å². The third-order valence-corrected chi connectivity index (χ3v) is 1.43. The van der Waals surface area contributed by atoms with Crippen LogP contribution in [0.1, 0.15) is 40.5 Å². The van der Waals surface area contributed by atoms with E-state index in [1.54, 1.807) is 0 Å². The summed E-state index contributed by atoms with van der Waals surface area (Å²) in [4.78, 5) is 0. The summed E-state index contributed by atoms with van der Waals surface area (Å²) in [5.41, 5.74) is 0. The van der Waals surface area contributed by atoms with Gasteiger partial charge < -0.3 is 5.32 Å². The van der Waals surface area contributed by atoms with E-state index in [0.717, 1.165) is 6.54 Å². The van der Waals surface area contributed by atoms with Gasteiger partial charge in [-0.25, -0.2) is 4.39 Å². The van der Waals surface area contributed by atoms with Crippen molar-refractivity contribution in [2.75, 3.05) is 13.6 Å². The maximum absolute atomic E-state index is 12.8. The first kappa shape index (κ1) is 14.4. The van der Waals surface area contributed by atoms with Gasteiger partial charge in [-0.05, 0) is 32.4 Å². The zero-order chi connectivity index (χ0) is 9.98. The Bertz CT molecular complexity index is 74.2. The second-order valence-corrected chi connectivity index (χ2v) is 3.12. The van der Waals surface area contributed by atoms with Crippen molar-refractivity contribution in [3.05, 3.63) is 0 Å². The van der Waals surface area contributed by atoms with Crippen LogP contribution >= 0.6 is 0 Å². The fourth-order valence-electron chi connectivity index (χ4n) is 0.930. The van der Waals surface area contributed by atoms with Gasteiger partial charge in [0, 0.05) is 0 Å². The van der Waals surface area contributed by atoms with Gasteiger partial charge in [-0.1, -0.05) is 27.7 Å². The molecule has 0 heterocycles. The fraction of sp³-hybridized carbons (Fsp3) is 1.00. The molecule has 0 aromatic carbocycles. The lowest BCUT2D eigenvalue weighted by Crippen LogP contribution is -2.15. The van der Waals surface area contributed by atoms with Crippen LogP contribution < -0.4 is 5.32 Å². The molecule has 0 rings (SSSR count). The average Bonchev–Trinajstić information content (AvgIpc) is 2.03. The lowest BCUT2D eigenvalue weighted by Gasteiger charge is -2.09. The van der Waals surface area contributed by atoms with Crippen LogP contribution in [0.4, 0.5) is 4.39 Å². The van der Waals surface area contributed by atoms with Gasteiger partial charge in [-0.3, -0.25) is 0 Å². The number of hydrogen-bond donors (Lipinski definition) is 1. The van der Waals surface area contributed by atoms with Crippen molar-refractivity contribution < 1.29 is 4.39 Å². The summed E-state index contributed by atoms with van der Waals surface area (Å²) >= 11 is 0. The molecule has 0 aromatic heterocycles. The number of rotatable bonds is 5. The van der Waals surface area contributed by atoms with Gasteiger partial charge >= 0.3 is 0 Å². The number of nitrogens with one attached hydrogen (secondary N) is 1. The van der Waals surface area contributed by atoms with Gasteiger partial charge in [-0.15, -0.1) is 0 Å². The van der Waals surface area contributed by atoms with Crippen LogP contribution in [0.5, 0.6) is 0 Å². The highest BCUT2D eigenvalue weighted by atomic mass is 19.1. The molecule has 0 saturated heterocycles. The lowest BCUT2D eigenvalue weighted by atomic mass is 10.1. The largest absolute Gasteiger partial charge is 0.320 e. The zero-order valence-corrected chi connectivity index (χ0v) is 9.15. The van der Waals surface area contributed by atoms with E-state index in [4.69, 9.17) is 0 Å². The zero-order valence-electron chi connectivity index (χ0n) is 9.15. The van der Waals surface area contributed by atoms with E-state index in [1.165, 1.54) is 0 Å². The highest BCUT2D eigenvalue weighted by Gasteiger charge is 2.07. The van der Waals surface area contributed by atoms with Gasteiger partial charge in [0.2, 0.25) is 0 Å². The molecular weight excluding hydrogens is 153 g/mol. The molecule has 76 valence electrons. The molecule has 1 nitrogen and oxygen atoms in total. The van der Waals surface area contributed by atoms with E-state index < -0.39 is 6.17 Å². The first-order chi connectivity index (χ1) is 5.66. The quantitative estimate of drug-likeness (QED) is 0.680. The van der Waals surface area contributed by atoms with Gasteiger partial charge in [-0.2, -0.15) is 0 Å². The van der Waals surface area contributed by atoms with E-state index in [0.29, 0.717) is 18.8 Å². The maximum atomic E-state index is 12.8. The van der Waals surface area contributed by atoms with E-state index in [2.05, 4.69) is 5.32 Å². The molecule has 2 heteroatoms. The minimum atomic E-state index is -0.618. The molecule has 0 aliphatic rings. The van der Waals surface area contributed by atoms with Crippen LogP contribution in [0.15, 0.2) is 0 Å². The minimum absolute atomic E-state index is 0.479. The summed E-state index contributed by atoms with van der Waals surface area (Å²) in [6.45, 7) is 8.88. The summed E-state index contributed by atoms with van der Waals surface area (Å²) < 4.78 is 12.8. The normalized spacial score (nSPS) is 12.2. The van der Waals surface area contributed by atoms with Crippen LogP contribution in [-0.4, -0.2) is 19.8 Å². The predicted octanol–water partition coefficient (Wildman–Crippen LogP) is 3.01. The minimum Gasteiger partial charge on any atom is -0.320 e. The SMILES string of the molecule is CC.CNCCC(F)CC(C)C. The van der Waals surface area contributed by atoms with Crippen LogP contribution in [0, 0.1) is 5.92 Å². The van der Waals surface area contributed by atoms with Crippen molar-refractivity contribution in [1.29, 1.82) is 0 Å². The molecule has 1 atom stereocenters. The molecule has 0 amide bonds. The second-order valence-electron chi connectivity index (χ2n) is 3.12. The average molecular weight is 177 g/mol. The maximum Gasteiger partial charge on any atom is 0.102 e. The highest BCUT2D eigenvalue weighted by molar-refractivity contribution is 4.59. The van der Waals surface area contributed by atoms with Gasteiger partial charge in [0.15, 0.2) is 0 Å². The van der Waals surface area contributed by atoms with Crippen molar-refractivity contribution >= 4 is 0 Å². The Morgan fingerprint density at radius 2 is 1.75 bits per heavy atom. The molecule has 0 radical (unpaired) electrons. The van der Waals surface area contributed by atoms with Crippen molar-refractivity contribution in [3.8, 4) is 0 Å². The molecule has 0 bridgehead atoms. The van der Waals surface area contributed by atoms with Crippen LogP contribution in [0.3, 0.4) is 0 Å². The molecule has 1 N–H and O–H groups in total. The molecule has 0 saturated carbocycles. The molecule has 1 unspecified atom stereocenters. The smallest absolute Gasteiger partial charge is 0.102 e. The molecular formula is C10H24FN. The standard InChI is InChI=1S/C8H18FN.C2H6/c1-7(2)6-8(9)4-5-10-3;1-2/h7-8,10H,4-6H2,1-3H3;1-2H3. The first-order valence-electron chi connectivity index (χ1n) is 4.95. The monoisotopic (exact) mass is 177 g/mol. The Kier molecular flexibility index (Phi) is 13.1. The predicted molar refractivity (Wildman–Crippen MR) is 54.2 cm³/mol. The molecule has 0 aromatic rings. The number of alkyl halides is 1. The summed E-state index contributed by atoms with van der Waals surface area (Å²) in [5, 5.41) is 2.93. The Morgan fingerprint density at radius 1 is 1.25 bits per heavy atom. The van der Waals surface area contributed by atoms with Gasteiger partial charge in [0.05, 0.1) is 0 Å². The van der Waals surface area contributed by atoms with Gasteiger partial charge in [0.25, 0.3) is 0 Å². The summed E-state index contributed by atoms with van der Waals surface area (Å²) in [6.07, 6.45) is 0.726. The molecule has 0 spiro atoms. The Morgan fingerprint density at radius 3 is 2.08 bits per heavy atom. The Hall–Kier alpha value is -0.110. The van der Waals surface area contributed by atoms with Crippen LogP contribution in [0.25, 0.3) is 0 Å². The third-order valence-electron chi connectivity index (χ3n) is 1.43. The Balaban J connectivity index is 0. The molecule has 0 aliphatic carbocycles. The number of halogens is 1. The second kappa shape index (κ2) is 10.9. The topological polar surface area (TPSA) is 12.0 Å². The van der Waals surface area contributed by atoms with Crippen LogP contribution in [-0.2, 0) is 0 Å². The summed E-state index contributed by atoms with van der Waals surface area (Å²) in [7, 11) is 1.85. The lowest BCUT2D eigenvalue weighted by molar-refractivity contribution is 0.266. The van der Waals surface area contributed by atoms with Crippen molar-refractivity contribution in [1.82, 2.24) is 5.32 Å². The van der Waals surface area contributed by atoms with Crippen molar-refractivity contribution in [2.24, 2.45) is 5.92 Å². The highest BCUT2D eigenvalue weighted by Crippen LogP contribution is 2.10. The third kappa shape index (κ3) is 12.6.